The first-order chi connectivity index (χ1) is 7.61. The average molecular weight is 242 g/mol. The molecule has 2 amide bonds. The lowest BCUT2D eigenvalue weighted by Crippen LogP contribution is -2.39. The number of carbonyl (C=O) groups is 2. The molecule has 0 aliphatic heterocycles. The van der Waals surface area contributed by atoms with Gasteiger partial charge in [-0.3, -0.25) is 9.59 Å². The molecule has 0 saturated heterocycles. The first-order valence-electron chi connectivity index (χ1n) is 4.76. The van der Waals surface area contributed by atoms with E-state index in [0.29, 0.717) is 6.54 Å². The summed E-state index contributed by atoms with van der Waals surface area (Å²) in [4.78, 5) is 26.2. The Bertz CT molecular complexity index is 377. The maximum Gasteiger partial charge on any atom is 0.239 e. The van der Waals surface area contributed by atoms with E-state index < -0.39 is 0 Å². The summed E-state index contributed by atoms with van der Waals surface area (Å²) in [6.07, 6.45) is 0. The van der Waals surface area contributed by atoms with E-state index in [1.54, 1.807) is 0 Å². The van der Waals surface area contributed by atoms with Gasteiger partial charge in [-0.1, -0.05) is 0 Å². The minimum Gasteiger partial charge on any atom is -0.348 e. The molecule has 16 heavy (non-hydrogen) atoms. The Hall–Kier alpha value is -1.47. The Labute approximate surface area is 97.2 Å². The van der Waals surface area contributed by atoms with Gasteiger partial charge in [0.2, 0.25) is 11.8 Å². The minimum absolute atomic E-state index is 0.0552. The van der Waals surface area contributed by atoms with Crippen molar-refractivity contribution in [3.63, 3.8) is 0 Å². The standard InChI is InChI=1S/C9H14N4O2S/c1-6-5-16-9(13-6)4-12-8(15)3-11-7(14)2-10/h5H,2-4,10H2,1H3,(H,11,14)(H,12,15). The predicted octanol–water partition coefficient (Wildman–Crippen LogP) is -0.857. The van der Waals surface area contributed by atoms with Crippen molar-refractivity contribution >= 4 is 23.2 Å². The van der Waals surface area contributed by atoms with Gasteiger partial charge in [-0.05, 0) is 6.92 Å². The topological polar surface area (TPSA) is 97.1 Å². The van der Waals surface area contributed by atoms with Crippen molar-refractivity contribution in [1.29, 1.82) is 0 Å². The van der Waals surface area contributed by atoms with Crippen molar-refractivity contribution in [3.8, 4) is 0 Å². The van der Waals surface area contributed by atoms with Gasteiger partial charge in [0.15, 0.2) is 0 Å². The molecule has 0 unspecified atom stereocenters. The van der Waals surface area contributed by atoms with Gasteiger partial charge in [-0.15, -0.1) is 11.3 Å². The van der Waals surface area contributed by atoms with E-state index in [9.17, 15) is 9.59 Å². The quantitative estimate of drug-likeness (QED) is 0.626. The number of amides is 2. The number of aryl methyl sites for hydroxylation is 1. The van der Waals surface area contributed by atoms with Gasteiger partial charge in [0.1, 0.15) is 5.01 Å². The molecule has 88 valence electrons. The molecule has 1 heterocycles. The van der Waals surface area contributed by atoms with Gasteiger partial charge < -0.3 is 16.4 Å². The van der Waals surface area contributed by atoms with Crippen molar-refractivity contribution in [2.45, 2.75) is 13.5 Å². The maximum atomic E-state index is 11.3. The maximum absolute atomic E-state index is 11.3. The normalized spacial score (nSPS) is 9.88. The fraction of sp³-hybridized carbons (Fsp3) is 0.444. The Balaban J connectivity index is 2.22. The van der Waals surface area contributed by atoms with Crippen LogP contribution in [0.4, 0.5) is 0 Å². The molecule has 4 N–H and O–H groups in total. The lowest BCUT2D eigenvalue weighted by Gasteiger charge is -2.04. The zero-order chi connectivity index (χ0) is 12.0. The van der Waals surface area contributed by atoms with Gasteiger partial charge in [-0.25, -0.2) is 4.98 Å². The zero-order valence-electron chi connectivity index (χ0n) is 8.95. The summed E-state index contributed by atoms with van der Waals surface area (Å²) in [7, 11) is 0. The predicted molar refractivity (Wildman–Crippen MR) is 60.8 cm³/mol. The first kappa shape index (κ1) is 12.6. The lowest BCUT2D eigenvalue weighted by molar-refractivity contribution is -0.125. The van der Waals surface area contributed by atoms with E-state index in [4.69, 9.17) is 5.73 Å². The van der Waals surface area contributed by atoms with Gasteiger partial charge in [0.25, 0.3) is 0 Å². The summed E-state index contributed by atoms with van der Waals surface area (Å²) in [6, 6.07) is 0. The van der Waals surface area contributed by atoms with E-state index in [2.05, 4.69) is 15.6 Å². The number of thiazole rings is 1. The Morgan fingerprint density at radius 3 is 2.75 bits per heavy atom. The van der Waals surface area contributed by atoms with E-state index in [-0.39, 0.29) is 24.9 Å². The second-order valence-corrected chi connectivity index (χ2v) is 4.08. The third kappa shape index (κ3) is 4.37. The minimum atomic E-state index is -0.347. The molecule has 0 saturated carbocycles. The molecule has 1 aromatic rings. The number of aromatic nitrogens is 1. The summed E-state index contributed by atoms with van der Waals surface area (Å²) >= 11 is 1.49. The third-order valence-corrected chi connectivity index (χ3v) is 2.70. The molecular formula is C9H14N4O2S. The first-order valence-corrected chi connectivity index (χ1v) is 5.64. The van der Waals surface area contributed by atoms with Crippen LogP contribution in [-0.4, -0.2) is 29.9 Å². The molecule has 1 rings (SSSR count). The van der Waals surface area contributed by atoms with Crippen LogP contribution in [0.15, 0.2) is 5.38 Å². The second-order valence-electron chi connectivity index (χ2n) is 3.14. The number of hydrogen-bond acceptors (Lipinski definition) is 5. The van der Waals surface area contributed by atoms with Crippen molar-refractivity contribution in [2.24, 2.45) is 5.73 Å². The average Bonchev–Trinajstić information content (AvgIpc) is 2.69. The number of rotatable bonds is 5. The molecule has 7 heteroatoms. The van der Waals surface area contributed by atoms with Gasteiger partial charge >= 0.3 is 0 Å². The summed E-state index contributed by atoms with van der Waals surface area (Å²) in [5, 5.41) is 7.78. The van der Waals surface area contributed by atoms with Gasteiger partial charge in [0, 0.05) is 11.1 Å². The SMILES string of the molecule is Cc1csc(CNC(=O)CNC(=O)CN)n1. The highest BCUT2D eigenvalue weighted by Crippen LogP contribution is 2.07. The van der Waals surface area contributed by atoms with Crippen LogP contribution in [0.25, 0.3) is 0 Å². The van der Waals surface area contributed by atoms with Crippen molar-refractivity contribution in [3.05, 3.63) is 16.1 Å². The van der Waals surface area contributed by atoms with Crippen LogP contribution in [0.5, 0.6) is 0 Å². The molecule has 0 bridgehead atoms. The molecule has 6 nitrogen and oxygen atoms in total. The molecule has 1 aromatic heterocycles. The van der Waals surface area contributed by atoms with Crippen LogP contribution in [0.1, 0.15) is 10.7 Å². The highest BCUT2D eigenvalue weighted by Gasteiger charge is 2.04. The van der Waals surface area contributed by atoms with E-state index in [1.165, 1.54) is 11.3 Å². The molecule has 0 aliphatic carbocycles. The van der Waals surface area contributed by atoms with Gasteiger partial charge in [0.05, 0.1) is 19.6 Å². The molecule has 0 aromatic carbocycles. The second kappa shape index (κ2) is 6.19. The Kier molecular flexibility index (Phi) is 4.87. The molecule has 0 atom stereocenters. The molecule has 0 radical (unpaired) electrons. The van der Waals surface area contributed by atoms with Crippen LogP contribution in [0, 0.1) is 6.92 Å². The van der Waals surface area contributed by atoms with Crippen molar-refractivity contribution < 1.29 is 9.59 Å². The third-order valence-electron chi connectivity index (χ3n) is 1.73. The van der Waals surface area contributed by atoms with E-state index in [1.807, 2.05) is 12.3 Å². The monoisotopic (exact) mass is 242 g/mol. The Morgan fingerprint density at radius 2 is 2.19 bits per heavy atom. The summed E-state index contributed by atoms with van der Waals surface area (Å²) < 4.78 is 0. The number of carbonyl (C=O) groups excluding carboxylic acids is 2. The summed E-state index contributed by atoms with van der Waals surface area (Å²) in [5.41, 5.74) is 6.01. The van der Waals surface area contributed by atoms with Crippen LogP contribution in [-0.2, 0) is 16.1 Å². The lowest BCUT2D eigenvalue weighted by atomic mass is 10.5. The highest BCUT2D eigenvalue weighted by atomic mass is 32.1. The van der Waals surface area contributed by atoms with Gasteiger partial charge in [-0.2, -0.15) is 0 Å². The number of nitrogens with zero attached hydrogens (tertiary/aromatic N) is 1. The fourth-order valence-corrected chi connectivity index (χ4v) is 1.68. The van der Waals surface area contributed by atoms with E-state index >= 15 is 0 Å². The smallest absolute Gasteiger partial charge is 0.239 e. The van der Waals surface area contributed by atoms with Crippen molar-refractivity contribution in [1.82, 2.24) is 15.6 Å². The van der Waals surface area contributed by atoms with E-state index in [0.717, 1.165) is 10.7 Å². The molecular weight excluding hydrogens is 228 g/mol. The number of hydrogen-bond donors (Lipinski definition) is 3. The summed E-state index contributed by atoms with van der Waals surface area (Å²) in [6.45, 7) is 2.11. The molecule has 0 fully saturated rings. The number of nitrogens with two attached hydrogens (primary N) is 1. The number of nitrogens with one attached hydrogen (secondary N) is 2. The Morgan fingerprint density at radius 1 is 1.44 bits per heavy atom. The van der Waals surface area contributed by atoms with Crippen LogP contribution >= 0.6 is 11.3 Å². The highest BCUT2D eigenvalue weighted by molar-refractivity contribution is 7.09. The molecule has 0 spiro atoms. The largest absolute Gasteiger partial charge is 0.348 e. The molecule has 0 aliphatic rings. The van der Waals surface area contributed by atoms with Crippen LogP contribution < -0.4 is 16.4 Å². The zero-order valence-corrected chi connectivity index (χ0v) is 9.76. The van der Waals surface area contributed by atoms with Crippen LogP contribution in [0.3, 0.4) is 0 Å². The van der Waals surface area contributed by atoms with Crippen molar-refractivity contribution in [2.75, 3.05) is 13.1 Å². The van der Waals surface area contributed by atoms with Crippen LogP contribution in [0.2, 0.25) is 0 Å². The summed E-state index contributed by atoms with van der Waals surface area (Å²) in [5.74, 6) is -0.602. The fourth-order valence-electron chi connectivity index (χ4n) is 0.972.